The van der Waals surface area contributed by atoms with E-state index in [0.29, 0.717) is 29.1 Å². The molecule has 22 heavy (non-hydrogen) atoms. The van der Waals surface area contributed by atoms with Gasteiger partial charge < -0.3 is 15.9 Å². The van der Waals surface area contributed by atoms with Crippen molar-refractivity contribution in [3.05, 3.63) is 35.2 Å². The minimum Gasteiger partial charge on any atom is -0.496 e. The molecule has 0 saturated heterocycles. The second-order valence-electron chi connectivity index (χ2n) is 5.65. The van der Waals surface area contributed by atoms with Crippen molar-refractivity contribution in [3.8, 4) is 5.75 Å². The first-order valence-electron chi connectivity index (χ1n) is 7.75. The Labute approximate surface area is 132 Å². The van der Waals surface area contributed by atoms with Gasteiger partial charge in [-0.2, -0.15) is 0 Å². The number of hydrogen-bond donors (Lipinski definition) is 2. The highest BCUT2D eigenvalue weighted by Gasteiger charge is 2.18. The van der Waals surface area contributed by atoms with Gasteiger partial charge in [0.25, 0.3) is 0 Å². The summed E-state index contributed by atoms with van der Waals surface area (Å²) in [5, 5.41) is 7.55. The summed E-state index contributed by atoms with van der Waals surface area (Å²) in [7, 11) is 1.59. The molecule has 0 aromatic heterocycles. The number of allylic oxidation sites excluding steroid dienone is 2. The predicted molar refractivity (Wildman–Crippen MR) is 91.3 cm³/mol. The van der Waals surface area contributed by atoms with E-state index in [1.807, 2.05) is 6.92 Å². The van der Waals surface area contributed by atoms with Crippen LogP contribution in [0, 0.1) is 11.2 Å². The molecule has 0 heterocycles. The third-order valence-corrected chi connectivity index (χ3v) is 3.77. The van der Waals surface area contributed by atoms with Gasteiger partial charge in [0.1, 0.15) is 11.6 Å². The van der Waals surface area contributed by atoms with E-state index < -0.39 is 0 Å². The summed E-state index contributed by atoms with van der Waals surface area (Å²) in [5.41, 5.74) is 8.28. The lowest BCUT2D eigenvalue weighted by atomic mass is 9.89. The van der Waals surface area contributed by atoms with E-state index in [4.69, 9.17) is 15.9 Å². The third-order valence-electron chi connectivity index (χ3n) is 3.77. The Kier molecular flexibility index (Phi) is 7.25. The fourth-order valence-corrected chi connectivity index (χ4v) is 2.77. The molecule has 1 aromatic carbocycles. The Hall–Kier alpha value is -1.68. The summed E-state index contributed by atoms with van der Waals surface area (Å²) in [5.74, 6) is 0.536. The number of ether oxygens (including phenoxy) is 1. The molecule has 0 bridgehead atoms. The summed E-state index contributed by atoms with van der Waals surface area (Å²) < 4.78 is 20.0. The van der Waals surface area contributed by atoms with Crippen LogP contribution >= 0.6 is 0 Å². The molecule has 0 aliphatic carbocycles. The third kappa shape index (κ3) is 4.67. The zero-order chi connectivity index (χ0) is 16.7. The van der Waals surface area contributed by atoms with Gasteiger partial charge in [-0.05, 0) is 68.5 Å². The average Bonchev–Trinajstić information content (AvgIpc) is 2.46. The lowest BCUT2D eigenvalue weighted by Gasteiger charge is -2.19. The summed E-state index contributed by atoms with van der Waals surface area (Å²) in [6.45, 7) is 6.19. The van der Waals surface area contributed by atoms with Crippen LogP contribution in [0.1, 0.15) is 57.1 Å². The Morgan fingerprint density at radius 1 is 1.36 bits per heavy atom. The fraction of sp³-hybridized carbons (Fsp3) is 0.500. The van der Waals surface area contributed by atoms with Crippen molar-refractivity contribution in [2.45, 2.75) is 46.0 Å². The van der Waals surface area contributed by atoms with Crippen LogP contribution in [-0.2, 0) is 0 Å². The molecular formula is C18H27FN2O. The summed E-state index contributed by atoms with van der Waals surface area (Å²) in [4.78, 5) is 0. The van der Waals surface area contributed by atoms with Crippen LogP contribution in [0.3, 0.4) is 0 Å². The van der Waals surface area contributed by atoms with Gasteiger partial charge >= 0.3 is 0 Å². The highest BCUT2D eigenvalue weighted by atomic mass is 19.1. The molecule has 1 aromatic rings. The first kappa shape index (κ1) is 18.4. The molecule has 3 nitrogen and oxygen atoms in total. The summed E-state index contributed by atoms with van der Waals surface area (Å²) in [6.07, 6.45) is 4.37. The van der Waals surface area contributed by atoms with Crippen molar-refractivity contribution >= 4 is 11.3 Å². The van der Waals surface area contributed by atoms with E-state index in [2.05, 4.69) is 6.92 Å². The Morgan fingerprint density at radius 3 is 2.55 bits per heavy atom. The van der Waals surface area contributed by atoms with Gasteiger partial charge in [-0.25, -0.2) is 4.39 Å². The van der Waals surface area contributed by atoms with Gasteiger partial charge in [-0.1, -0.05) is 13.3 Å². The van der Waals surface area contributed by atoms with Crippen molar-refractivity contribution in [2.24, 2.45) is 5.73 Å². The normalized spacial score (nSPS) is 13.1. The molecule has 0 spiro atoms. The number of nitrogens with one attached hydrogen (secondary N) is 1. The average molecular weight is 306 g/mol. The van der Waals surface area contributed by atoms with E-state index in [1.165, 1.54) is 6.07 Å². The molecule has 0 saturated carbocycles. The van der Waals surface area contributed by atoms with Crippen LogP contribution in [-0.4, -0.2) is 19.4 Å². The Balaban J connectivity index is 3.32. The molecule has 0 aliphatic rings. The molecule has 0 radical (unpaired) electrons. The largest absolute Gasteiger partial charge is 0.496 e. The number of nitrogens with two attached hydrogens (primary N) is 1. The van der Waals surface area contributed by atoms with E-state index in [9.17, 15) is 4.39 Å². The molecule has 0 amide bonds. The maximum absolute atomic E-state index is 14.6. The minimum atomic E-state index is -0.224. The second-order valence-corrected chi connectivity index (χ2v) is 5.65. The monoisotopic (exact) mass is 306 g/mol. The van der Waals surface area contributed by atoms with Gasteiger partial charge in [0.2, 0.25) is 0 Å². The molecule has 122 valence electrons. The highest BCUT2D eigenvalue weighted by Crippen LogP contribution is 2.34. The maximum Gasteiger partial charge on any atom is 0.127 e. The van der Waals surface area contributed by atoms with E-state index >= 15 is 0 Å². The number of rotatable bonds is 8. The Bertz CT molecular complexity index is 546. The zero-order valence-electron chi connectivity index (χ0n) is 14.0. The number of hydrogen-bond acceptors (Lipinski definition) is 3. The summed E-state index contributed by atoms with van der Waals surface area (Å²) in [6, 6.07) is 3.30. The molecular weight excluding hydrogens is 279 g/mol. The van der Waals surface area contributed by atoms with Gasteiger partial charge in [-0.3, -0.25) is 0 Å². The van der Waals surface area contributed by atoms with Crippen molar-refractivity contribution < 1.29 is 9.13 Å². The van der Waals surface area contributed by atoms with E-state index in [-0.39, 0.29) is 11.7 Å². The minimum absolute atomic E-state index is 0.117. The first-order valence-corrected chi connectivity index (χ1v) is 7.75. The molecule has 1 rings (SSSR count). The quantitative estimate of drug-likeness (QED) is 0.694. The molecule has 3 N–H and O–H groups in total. The van der Waals surface area contributed by atoms with Crippen LogP contribution < -0.4 is 10.5 Å². The molecule has 1 atom stereocenters. The first-order chi connectivity index (χ1) is 10.4. The van der Waals surface area contributed by atoms with Crippen LogP contribution in [0.15, 0.2) is 18.2 Å². The van der Waals surface area contributed by atoms with Crippen LogP contribution in [0.2, 0.25) is 0 Å². The van der Waals surface area contributed by atoms with Crippen LogP contribution in [0.25, 0.3) is 5.57 Å². The molecule has 4 heteroatoms. The lowest BCUT2D eigenvalue weighted by molar-refractivity contribution is 0.409. The number of benzene rings is 1. The zero-order valence-corrected chi connectivity index (χ0v) is 14.0. The van der Waals surface area contributed by atoms with Crippen LogP contribution in [0.5, 0.6) is 5.75 Å². The smallest absolute Gasteiger partial charge is 0.127 e. The van der Waals surface area contributed by atoms with Gasteiger partial charge in [0.05, 0.1) is 7.11 Å². The molecule has 0 aliphatic heterocycles. The van der Waals surface area contributed by atoms with Crippen molar-refractivity contribution in [1.82, 2.24) is 0 Å². The van der Waals surface area contributed by atoms with Crippen molar-refractivity contribution in [2.75, 3.05) is 13.7 Å². The van der Waals surface area contributed by atoms with E-state index in [1.54, 1.807) is 26.2 Å². The van der Waals surface area contributed by atoms with Crippen molar-refractivity contribution in [3.63, 3.8) is 0 Å². The van der Waals surface area contributed by atoms with Gasteiger partial charge in [0, 0.05) is 11.3 Å². The maximum atomic E-state index is 14.6. The topological polar surface area (TPSA) is 59.1 Å². The van der Waals surface area contributed by atoms with Crippen molar-refractivity contribution in [1.29, 1.82) is 5.41 Å². The fourth-order valence-electron chi connectivity index (χ4n) is 2.77. The lowest BCUT2D eigenvalue weighted by Crippen LogP contribution is -2.10. The van der Waals surface area contributed by atoms with Crippen LogP contribution in [0.4, 0.5) is 4.39 Å². The Morgan fingerprint density at radius 2 is 2.05 bits per heavy atom. The molecule has 1 unspecified atom stereocenters. The van der Waals surface area contributed by atoms with E-state index in [0.717, 1.165) is 24.8 Å². The van der Waals surface area contributed by atoms with Gasteiger partial charge in [0.15, 0.2) is 0 Å². The number of halogens is 1. The predicted octanol–water partition coefficient (Wildman–Crippen LogP) is 4.51. The highest BCUT2D eigenvalue weighted by molar-refractivity contribution is 5.97. The second kappa shape index (κ2) is 8.69. The standard InChI is InChI=1S/C18H27FN2O/c1-5-6-14(7-8-20)16-11-18(22-4)15(10-17(16)19)12(2)9-13(3)21/h9-11,14,21H,5-8,20H2,1-4H3/b12-9+,21-13?. The SMILES string of the molecule is CCCC(CCN)c1cc(OC)c(/C(C)=C/C(C)=N)cc1F. The number of methoxy groups -OCH3 is 1. The molecule has 0 fully saturated rings. The van der Waals surface area contributed by atoms with Gasteiger partial charge in [-0.15, -0.1) is 0 Å². The summed E-state index contributed by atoms with van der Waals surface area (Å²) >= 11 is 0.